The van der Waals surface area contributed by atoms with Crippen molar-refractivity contribution in [2.75, 3.05) is 14.2 Å². The number of hydrogen-bond acceptors (Lipinski definition) is 2. The molecule has 19 heavy (non-hydrogen) atoms. The fraction of sp³-hybridized carbons (Fsp3) is 0.600. The van der Waals surface area contributed by atoms with E-state index in [9.17, 15) is 0 Å². The lowest BCUT2D eigenvalue weighted by atomic mass is 9.90. The van der Waals surface area contributed by atoms with Gasteiger partial charge in [0.05, 0.1) is 19.6 Å². The first-order valence-electron chi connectivity index (χ1n) is 6.64. The molecule has 3 atom stereocenters. The Morgan fingerprint density at radius 2 is 1.84 bits per heavy atom. The molecule has 106 valence electrons. The van der Waals surface area contributed by atoms with Crippen molar-refractivity contribution in [1.29, 1.82) is 0 Å². The molecule has 1 aliphatic rings. The van der Waals surface area contributed by atoms with E-state index in [0.29, 0.717) is 11.8 Å². The van der Waals surface area contributed by atoms with E-state index in [4.69, 9.17) is 21.1 Å². The van der Waals surface area contributed by atoms with Crippen LogP contribution in [0.1, 0.15) is 37.1 Å². The van der Waals surface area contributed by atoms with E-state index in [0.717, 1.165) is 21.5 Å². The van der Waals surface area contributed by atoms with Crippen LogP contribution in [-0.2, 0) is 0 Å². The molecule has 0 spiro atoms. The van der Waals surface area contributed by atoms with E-state index >= 15 is 0 Å². The maximum absolute atomic E-state index is 6.71. The molecule has 1 fully saturated rings. The second-order valence-electron chi connectivity index (χ2n) is 5.20. The van der Waals surface area contributed by atoms with Crippen molar-refractivity contribution >= 4 is 27.5 Å². The van der Waals surface area contributed by atoms with Crippen LogP contribution >= 0.6 is 27.5 Å². The van der Waals surface area contributed by atoms with Gasteiger partial charge in [0.15, 0.2) is 11.5 Å². The van der Waals surface area contributed by atoms with Gasteiger partial charge in [-0.05, 0) is 36.0 Å². The van der Waals surface area contributed by atoms with Gasteiger partial charge in [0.1, 0.15) is 0 Å². The zero-order valence-corrected chi connectivity index (χ0v) is 13.9. The Hall–Kier alpha value is -0.410. The molecule has 1 saturated carbocycles. The summed E-state index contributed by atoms with van der Waals surface area (Å²) in [7, 11) is 3.29. The normalized spacial score (nSPS) is 24.3. The summed E-state index contributed by atoms with van der Waals surface area (Å²) in [5.41, 5.74) is 1.10. The van der Waals surface area contributed by atoms with Crippen LogP contribution in [0.4, 0.5) is 0 Å². The minimum absolute atomic E-state index is 0.0201. The highest BCUT2D eigenvalue weighted by Crippen LogP contribution is 2.47. The Bertz CT molecular complexity index is 450. The fourth-order valence-electron chi connectivity index (χ4n) is 2.92. The molecule has 2 rings (SSSR count). The van der Waals surface area contributed by atoms with Gasteiger partial charge < -0.3 is 9.47 Å². The molecular formula is C15H20BrClO2. The number of benzene rings is 1. The first kappa shape index (κ1) is 15.0. The minimum Gasteiger partial charge on any atom is -0.493 e. The maximum Gasteiger partial charge on any atom is 0.161 e. The van der Waals surface area contributed by atoms with Crippen LogP contribution in [0.3, 0.4) is 0 Å². The van der Waals surface area contributed by atoms with Crippen molar-refractivity contribution in [2.45, 2.75) is 31.6 Å². The Morgan fingerprint density at radius 3 is 2.37 bits per heavy atom. The summed E-state index contributed by atoms with van der Waals surface area (Å²) >= 11 is 10.3. The van der Waals surface area contributed by atoms with Gasteiger partial charge >= 0.3 is 0 Å². The van der Waals surface area contributed by atoms with Gasteiger partial charge in [-0.2, -0.15) is 0 Å². The van der Waals surface area contributed by atoms with Gasteiger partial charge in [-0.25, -0.2) is 0 Å². The standard InChI is InChI=1S/C15H20BrClO2/c1-9-5-4-6-10(9)15(17)11-7-13(18-2)14(19-3)8-12(11)16/h7-10,15H,4-6H2,1-3H3. The number of hydrogen-bond donors (Lipinski definition) is 0. The quantitative estimate of drug-likeness (QED) is 0.698. The van der Waals surface area contributed by atoms with Crippen LogP contribution in [0.25, 0.3) is 0 Å². The third-order valence-electron chi connectivity index (χ3n) is 4.10. The second kappa shape index (κ2) is 6.36. The number of rotatable bonds is 4. The van der Waals surface area contributed by atoms with Crippen molar-refractivity contribution in [3.8, 4) is 11.5 Å². The van der Waals surface area contributed by atoms with Crippen LogP contribution in [-0.4, -0.2) is 14.2 Å². The smallest absolute Gasteiger partial charge is 0.161 e. The van der Waals surface area contributed by atoms with Gasteiger partial charge in [-0.1, -0.05) is 35.7 Å². The summed E-state index contributed by atoms with van der Waals surface area (Å²) in [6, 6.07) is 3.93. The fourth-order valence-corrected chi connectivity index (χ4v) is 4.18. The lowest BCUT2D eigenvalue weighted by Gasteiger charge is -2.23. The molecule has 2 nitrogen and oxygen atoms in total. The maximum atomic E-state index is 6.71. The summed E-state index contributed by atoms with van der Waals surface area (Å²) in [5.74, 6) is 2.68. The predicted molar refractivity (Wildman–Crippen MR) is 82.3 cm³/mol. The Morgan fingerprint density at radius 1 is 1.21 bits per heavy atom. The molecule has 0 heterocycles. The van der Waals surface area contributed by atoms with Crippen molar-refractivity contribution in [3.05, 3.63) is 22.2 Å². The molecule has 1 aliphatic carbocycles. The average molecular weight is 348 g/mol. The van der Waals surface area contributed by atoms with E-state index in [-0.39, 0.29) is 5.38 Å². The SMILES string of the molecule is COc1cc(Br)c(C(Cl)C2CCCC2C)cc1OC. The molecule has 0 saturated heterocycles. The second-order valence-corrected chi connectivity index (χ2v) is 6.53. The van der Waals surface area contributed by atoms with Crippen molar-refractivity contribution < 1.29 is 9.47 Å². The summed E-state index contributed by atoms with van der Waals surface area (Å²) in [6.45, 7) is 2.29. The molecule has 0 bridgehead atoms. The Kier molecular flexibility index (Phi) is 5.02. The molecule has 0 radical (unpaired) electrons. The van der Waals surface area contributed by atoms with Crippen molar-refractivity contribution in [2.24, 2.45) is 11.8 Å². The van der Waals surface area contributed by atoms with E-state index in [2.05, 4.69) is 22.9 Å². The largest absolute Gasteiger partial charge is 0.493 e. The number of ether oxygens (including phenoxy) is 2. The van der Waals surface area contributed by atoms with E-state index in [1.54, 1.807) is 14.2 Å². The van der Waals surface area contributed by atoms with Crippen molar-refractivity contribution in [3.63, 3.8) is 0 Å². The van der Waals surface area contributed by atoms with Gasteiger partial charge in [0.25, 0.3) is 0 Å². The summed E-state index contributed by atoms with van der Waals surface area (Å²) in [6.07, 6.45) is 3.76. The lowest BCUT2D eigenvalue weighted by Crippen LogP contribution is -2.11. The number of methoxy groups -OCH3 is 2. The van der Waals surface area contributed by atoms with E-state index < -0.39 is 0 Å². The first-order valence-corrected chi connectivity index (χ1v) is 7.87. The predicted octanol–water partition coefficient (Wildman–Crippen LogP) is 5.18. The highest BCUT2D eigenvalue weighted by atomic mass is 79.9. The number of alkyl halides is 1. The lowest BCUT2D eigenvalue weighted by molar-refractivity contribution is 0.352. The minimum atomic E-state index is 0.0201. The molecular weight excluding hydrogens is 328 g/mol. The van der Waals surface area contributed by atoms with E-state index in [1.807, 2.05) is 12.1 Å². The Balaban J connectivity index is 2.33. The highest BCUT2D eigenvalue weighted by molar-refractivity contribution is 9.10. The molecule has 0 amide bonds. The zero-order valence-electron chi connectivity index (χ0n) is 11.6. The first-order chi connectivity index (χ1) is 9.08. The Labute approximate surface area is 128 Å². The van der Waals surface area contributed by atoms with Crippen LogP contribution in [0.15, 0.2) is 16.6 Å². The molecule has 1 aromatic carbocycles. The van der Waals surface area contributed by atoms with Crippen LogP contribution < -0.4 is 9.47 Å². The van der Waals surface area contributed by atoms with E-state index in [1.165, 1.54) is 19.3 Å². The van der Waals surface area contributed by atoms with Crippen LogP contribution in [0, 0.1) is 11.8 Å². The van der Waals surface area contributed by atoms with Crippen LogP contribution in [0.5, 0.6) is 11.5 Å². The molecule has 0 N–H and O–H groups in total. The molecule has 1 aromatic rings. The van der Waals surface area contributed by atoms with Gasteiger partial charge in [-0.3, -0.25) is 0 Å². The molecule has 4 heteroatoms. The zero-order chi connectivity index (χ0) is 14.0. The third kappa shape index (κ3) is 3.03. The number of halogens is 2. The molecule has 0 aliphatic heterocycles. The topological polar surface area (TPSA) is 18.5 Å². The summed E-state index contributed by atoms with van der Waals surface area (Å²) in [4.78, 5) is 0. The molecule has 0 aromatic heterocycles. The van der Waals surface area contributed by atoms with Gasteiger partial charge in [0, 0.05) is 4.47 Å². The average Bonchev–Trinajstić information content (AvgIpc) is 2.83. The van der Waals surface area contributed by atoms with Crippen LogP contribution in [0.2, 0.25) is 0 Å². The molecule has 3 unspecified atom stereocenters. The monoisotopic (exact) mass is 346 g/mol. The summed E-state index contributed by atoms with van der Waals surface area (Å²) < 4.78 is 11.7. The van der Waals surface area contributed by atoms with Crippen molar-refractivity contribution in [1.82, 2.24) is 0 Å². The highest BCUT2D eigenvalue weighted by Gasteiger charge is 2.32. The third-order valence-corrected chi connectivity index (χ3v) is 5.35. The van der Waals surface area contributed by atoms with Gasteiger partial charge in [-0.15, -0.1) is 11.6 Å². The van der Waals surface area contributed by atoms with Gasteiger partial charge in [0.2, 0.25) is 0 Å². The summed E-state index contributed by atoms with van der Waals surface area (Å²) in [5, 5.41) is 0.0201.